The fraction of sp³-hybridized carbons (Fsp3) is 0.500. The number of hydrogen-bond acceptors (Lipinski definition) is 2. The van der Waals surface area contributed by atoms with Crippen molar-refractivity contribution in [3.8, 4) is 0 Å². The molecule has 3 nitrogen and oxygen atoms in total. The number of amides is 1. The van der Waals surface area contributed by atoms with Gasteiger partial charge in [0.25, 0.3) is 0 Å². The molecule has 0 saturated heterocycles. The molecule has 0 radical (unpaired) electrons. The highest BCUT2D eigenvalue weighted by Gasteiger charge is 2.32. The first kappa shape index (κ1) is 13.0. The normalized spacial score (nSPS) is 16.4. The van der Waals surface area contributed by atoms with Crippen LogP contribution in [0.2, 0.25) is 0 Å². The van der Waals surface area contributed by atoms with Gasteiger partial charge in [0.05, 0.1) is 6.54 Å². The molecule has 4 heteroatoms. The van der Waals surface area contributed by atoms with Gasteiger partial charge in [0.15, 0.2) is 0 Å². The summed E-state index contributed by atoms with van der Waals surface area (Å²) in [4.78, 5) is 13.2. The lowest BCUT2D eigenvalue weighted by atomic mass is 10.0. The van der Waals surface area contributed by atoms with Gasteiger partial charge in [-0.3, -0.25) is 4.79 Å². The van der Waals surface area contributed by atoms with Crippen molar-refractivity contribution in [1.29, 1.82) is 0 Å². The van der Waals surface area contributed by atoms with E-state index in [2.05, 4.69) is 5.32 Å². The second-order valence-corrected chi connectivity index (χ2v) is 5.04. The first-order chi connectivity index (χ1) is 8.58. The number of carbonyl (C=O) groups is 1. The molecule has 0 heterocycles. The SMILES string of the molecule is CN(C)C(=O)CNC(c1ccc(F)cc1)C1CC1. The third kappa shape index (κ3) is 3.29. The summed E-state index contributed by atoms with van der Waals surface area (Å²) in [5, 5.41) is 3.28. The number of nitrogens with zero attached hydrogens (tertiary/aromatic N) is 1. The number of benzene rings is 1. The van der Waals surface area contributed by atoms with Crippen molar-refractivity contribution in [2.24, 2.45) is 5.92 Å². The fourth-order valence-corrected chi connectivity index (χ4v) is 2.01. The predicted molar refractivity (Wildman–Crippen MR) is 68.6 cm³/mol. The summed E-state index contributed by atoms with van der Waals surface area (Å²) < 4.78 is 12.9. The Morgan fingerprint density at radius 2 is 2.00 bits per heavy atom. The van der Waals surface area contributed by atoms with Gasteiger partial charge in [-0.05, 0) is 36.5 Å². The lowest BCUT2D eigenvalue weighted by molar-refractivity contribution is -0.127. The van der Waals surface area contributed by atoms with E-state index in [0.717, 1.165) is 5.56 Å². The van der Waals surface area contributed by atoms with Crippen LogP contribution in [0.4, 0.5) is 4.39 Å². The Balaban J connectivity index is 2.00. The van der Waals surface area contributed by atoms with Crippen LogP contribution in [0.1, 0.15) is 24.4 Å². The van der Waals surface area contributed by atoms with Crippen molar-refractivity contribution in [3.63, 3.8) is 0 Å². The van der Waals surface area contributed by atoms with Crippen LogP contribution in [-0.4, -0.2) is 31.4 Å². The van der Waals surface area contributed by atoms with Gasteiger partial charge in [0.2, 0.25) is 5.91 Å². The van der Waals surface area contributed by atoms with Gasteiger partial charge in [-0.2, -0.15) is 0 Å². The zero-order chi connectivity index (χ0) is 13.1. The number of halogens is 1. The van der Waals surface area contributed by atoms with Crippen molar-refractivity contribution >= 4 is 5.91 Å². The highest BCUT2D eigenvalue weighted by atomic mass is 19.1. The van der Waals surface area contributed by atoms with Crippen molar-refractivity contribution in [3.05, 3.63) is 35.6 Å². The van der Waals surface area contributed by atoms with E-state index >= 15 is 0 Å². The molecule has 0 aromatic heterocycles. The highest BCUT2D eigenvalue weighted by Crippen LogP contribution is 2.40. The van der Waals surface area contributed by atoms with Crippen LogP contribution in [0.3, 0.4) is 0 Å². The predicted octanol–water partition coefficient (Wildman–Crippen LogP) is 1.95. The molecule has 1 N–H and O–H groups in total. The molecule has 1 atom stereocenters. The molecule has 18 heavy (non-hydrogen) atoms. The Labute approximate surface area is 107 Å². The molecule has 1 unspecified atom stereocenters. The first-order valence-corrected chi connectivity index (χ1v) is 6.27. The molecule has 1 saturated carbocycles. The average Bonchev–Trinajstić information content (AvgIpc) is 3.15. The van der Waals surface area contributed by atoms with E-state index in [1.54, 1.807) is 31.1 Å². The summed E-state index contributed by atoms with van der Waals surface area (Å²) in [6.45, 7) is 0.325. The Morgan fingerprint density at radius 1 is 1.39 bits per heavy atom. The molecule has 1 aliphatic rings. The second-order valence-electron chi connectivity index (χ2n) is 5.04. The van der Waals surface area contributed by atoms with Gasteiger partial charge >= 0.3 is 0 Å². The van der Waals surface area contributed by atoms with Gasteiger partial charge in [-0.1, -0.05) is 12.1 Å². The van der Waals surface area contributed by atoms with Crippen LogP contribution < -0.4 is 5.32 Å². The maximum Gasteiger partial charge on any atom is 0.236 e. The Bertz CT molecular complexity index is 412. The minimum Gasteiger partial charge on any atom is -0.348 e. The topological polar surface area (TPSA) is 32.3 Å². The number of likely N-dealkylation sites (N-methyl/N-ethyl adjacent to an activating group) is 1. The average molecular weight is 250 g/mol. The third-order valence-corrected chi connectivity index (χ3v) is 3.29. The molecule has 98 valence electrons. The smallest absolute Gasteiger partial charge is 0.236 e. The molecule has 1 fully saturated rings. The third-order valence-electron chi connectivity index (χ3n) is 3.29. The molecule has 0 bridgehead atoms. The van der Waals surface area contributed by atoms with E-state index in [9.17, 15) is 9.18 Å². The van der Waals surface area contributed by atoms with Crippen LogP contribution in [0.15, 0.2) is 24.3 Å². The van der Waals surface area contributed by atoms with Gasteiger partial charge in [0.1, 0.15) is 5.82 Å². The second kappa shape index (κ2) is 5.48. The summed E-state index contributed by atoms with van der Waals surface area (Å²) in [6.07, 6.45) is 2.34. The van der Waals surface area contributed by atoms with Crippen LogP contribution in [0.25, 0.3) is 0 Å². The highest BCUT2D eigenvalue weighted by molar-refractivity contribution is 5.77. The molecule has 0 spiro atoms. The number of hydrogen-bond donors (Lipinski definition) is 1. The molecule has 1 aromatic rings. The molecular weight excluding hydrogens is 231 g/mol. The summed E-state index contributed by atoms with van der Waals surface area (Å²) >= 11 is 0. The Kier molecular flexibility index (Phi) is 3.97. The zero-order valence-corrected chi connectivity index (χ0v) is 10.8. The van der Waals surface area contributed by atoms with Crippen LogP contribution >= 0.6 is 0 Å². The van der Waals surface area contributed by atoms with Gasteiger partial charge in [-0.15, -0.1) is 0 Å². The van der Waals surface area contributed by atoms with Crippen molar-refractivity contribution in [2.45, 2.75) is 18.9 Å². The molecule has 2 rings (SSSR count). The summed E-state index contributed by atoms with van der Waals surface area (Å²) in [7, 11) is 3.49. The van der Waals surface area contributed by atoms with Crippen molar-refractivity contribution in [1.82, 2.24) is 10.2 Å². The Hall–Kier alpha value is -1.42. The van der Waals surface area contributed by atoms with Crippen LogP contribution in [-0.2, 0) is 4.79 Å². The monoisotopic (exact) mass is 250 g/mol. The number of nitrogens with one attached hydrogen (secondary N) is 1. The maximum absolute atomic E-state index is 12.9. The molecule has 0 aliphatic heterocycles. The molecule has 1 aromatic carbocycles. The van der Waals surface area contributed by atoms with E-state index in [-0.39, 0.29) is 17.8 Å². The zero-order valence-electron chi connectivity index (χ0n) is 10.8. The van der Waals surface area contributed by atoms with E-state index in [0.29, 0.717) is 12.5 Å². The van der Waals surface area contributed by atoms with Crippen molar-refractivity contribution < 1.29 is 9.18 Å². The van der Waals surface area contributed by atoms with Crippen LogP contribution in [0.5, 0.6) is 0 Å². The van der Waals surface area contributed by atoms with E-state index < -0.39 is 0 Å². The standard InChI is InChI=1S/C14H19FN2O/c1-17(2)13(18)9-16-14(10-3-4-10)11-5-7-12(15)8-6-11/h5-8,10,14,16H,3-4,9H2,1-2H3. The minimum absolute atomic E-state index is 0.0581. The van der Waals surface area contributed by atoms with Gasteiger partial charge in [0, 0.05) is 20.1 Å². The molecule has 1 aliphatic carbocycles. The van der Waals surface area contributed by atoms with E-state index in [1.165, 1.54) is 25.0 Å². The lowest BCUT2D eigenvalue weighted by Gasteiger charge is -2.20. The minimum atomic E-state index is -0.224. The number of carbonyl (C=O) groups excluding carboxylic acids is 1. The van der Waals surface area contributed by atoms with E-state index in [1.807, 2.05) is 0 Å². The maximum atomic E-state index is 12.9. The summed E-state index contributed by atoms with van der Waals surface area (Å²) in [6, 6.07) is 6.70. The summed E-state index contributed by atoms with van der Waals surface area (Å²) in [5.41, 5.74) is 1.06. The summed E-state index contributed by atoms with van der Waals surface area (Å²) in [5.74, 6) is 0.408. The van der Waals surface area contributed by atoms with E-state index in [4.69, 9.17) is 0 Å². The quantitative estimate of drug-likeness (QED) is 0.866. The van der Waals surface area contributed by atoms with Crippen molar-refractivity contribution in [2.75, 3.05) is 20.6 Å². The lowest BCUT2D eigenvalue weighted by Crippen LogP contribution is -2.35. The molecular formula is C14H19FN2O. The number of rotatable bonds is 5. The first-order valence-electron chi connectivity index (χ1n) is 6.27. The largest absolute Gasteiger partial charge is 0.348 e. The Morgan fingerprint density at radius 3 is 2.50 bits per heavy atom. The molecule has 1 amide bonds. The van der Waals surface area contributed by atoms with Gasteiger partial charge < -0.3 is 10.2 Å². The van der Waals surface area contributed by atoms with Crippen LogP contribution in [0, 0.1) is 11.7 Å². The fourth-order valence-electron chi connectivity index (χ4n) is 2.01. The van der Waals surface area contributed by atoms with Gasteiger partial charge in [-0.25, -0.2) is 4.39 Å².